The van der Waals surface area contributed by atoms with Gasteiger partial charge in [-0.1, -0.05) is 0 Å². The minimum atomic E-state index is -0.479. The Hall–Kier alpha value is -2.50. The molecular formula is C19H25N3O3. The van der Waals surface area contributed by atoms with E-state index in [9.17, 15) is 4.79 Å². The van der Waals surface area contributed by atoms with Gasteiger partial charge in [0, 0.05) is 30.7 Å². The van der Waals surface area contributed by atoms with E-state index in [1.807, 2.05) is 45.0 Å². The van der Waals surface area contributed by atoms with Crippen LogP contribution in [0, 0.1) is 0 Å². The molecule has 2 aromatic rings. The quantitative estimate of drug-likeness (QED) is 0.921. The number of amides is 1. The number of nitrogens with one attached hydrogen (secondary N) is 1. The van der Waals surface area contributed by atoms with Crippen molar-refractivity contribution in [2.45, 2.75) is 38.8 Å². The van der Waals surface area contributed by atoms with Gasteiger partial charge >= 0.3 is 6.09 Å². The number of anilines is 1. The Morgan fingerprint density at radius 2 is 2.12 bits per heavy atom. The van der Waals surface area contributed by atoms with Gasteiger partial charge in [-0.25, -0.2) is 4.79 Å². The summed E-state index contributed by atoms with van der Waals surface area (Å²) >= 11 is 0. The Morgan fingerprint density at radius 3 is 2.84 bits per heavy atom. The standard InChI is InChI=1S/C19H25N3O3/c1-19(2,3)25-18(23)22-11-9-13(12-22)21-17-14-6-5-10-20-15(14)7-8-16(17)24-4/h5-8,10,13,21H,9,11-12H2,1-4H3/t13-/m0/s1. The number of carbonyl (C=O) groups excluding carboxylic acids is 1. The molecule has 0 saturated carbocycles. The molecule has 3 rings (SSSR count). The van der Waals surface area contributed by atoms with Gasteiger partial charge in [0.05, 0.1) is 18.3 Å². The number of ether oxygens (including phenoxy) is 2. The minimum absolute atomic E-state index is 0.146. The second kappa shape index (κ2) is 6.78. The third-order valence-electron chi connectivity index (χ3n) is 4.16. The van der Waals surface area contributed by atoms with Gasteiger partial charge in [-0.05, 0) is 51.5 Å². The van der Waals surface area contributed by atoms with Crippen molar-refractivity contribution in [3.8, 4) is 5.75 Å². The number of pyridine rings is 1. The summed E-state index contributed by atoms with van der Waals surface area (Å²) in [6.45, 7) is 6.92. The van der Waals surface area contributed by atoms with Gasteiger partial charge < -0.3 is 19.7 Å². The Kier molecular flexibility index (Phi) is 4.70. The number of carbonyl (C=O) groups is 1. The molecule has 0 bridgehead atoms. The van der Waals surface area contributed by atoms with Crippen LogP contribution in [0.25, 0.3) is 10.9 Å². The van der Waals surface area contributed by atoms with Crippen molar-refractivity contribution < 1.29 is 14.3 Å². The summed E-state index contributed by atoms with van der Waals surface area (Å²) in [5, 5.41) is 4.55. The number of benzene rings is 1. The SMILES string of the molecule is COc1ccc2ncccc2c1N[C@H]1CCN(C(=O)OC(C)(C)C)C1. The number of rotatable bonds is 3. The maximum Gasteiger partial charge on any atom is 0.410 e. The molecule has 0 unspecified atom stereocenters. The lowest BCUT2D eigenvalue weighted by molar-refractivity contribution is 0.0293. The van der Waals surface area contributed by atoms with E-state index in [2.05, 4.69) is 10.3 Å². The van der Waals surface area contributed by atoms with Crippen molar-refractivity contribution in [2.75, 3.05) is 25.5 Å². The Morgan fingerprint density at radius 1 is 1.32 bits per heavy atom. The largest absolute Gasteiger partial charge is 0.495 e. The summed E-state index contributed by atoms with van der Waals surface area (Å²) in [7, 11) is 1.66. The zero-order valence-electron chi connectivity index (χ0n) is 15.2. The molecule has 134 valence electrons. The van der Waals surface area contributed by atoms with Gasteiger partial charge in [0.2, 0.25) is 0 Å². The van der Waals surface area contributed by atoms with Crippen molar-refractivity contribution in [3.05, 3.63) is 30.5 Å². The molecule has 0 aliphatic carbocycles. The molecule has 6 nitrogen and oxygen atoms in total. The summed E-state index contributed by atoms with van der Waals surface area (Å²) < 4.78 is 11.0. The molecule has 1 amide bonds. The maximum absolute atomic E-state index is 12.2. The first-order valence-corrected chi connectivity index (χ1v) is 8.53. The van der Waals surface area contributed by atoms with Crippen molar-refractivity contribution in [1.82, 2.24) is 9.88 Å². The molecule has 1 N–H and O–H groups in total. The van der Waals surface area contributed by atoms with E-state index in [1.165, 1.54) is 0 Å². The maximum atomic E-state index is 12.2. The van der Waals surface area contributed by atoms with Gasteiger partial charge in [-0.15, -0.1) is 0 Å². The van der Waals surface area contributed by atoms with Gasteiger partial charge in [0.1, 0.15) is 11.4 Å². The number of fused-ring (bicyclic) bond motifs is 1. The molecule has 6 heteroatoms. The zero-order chi connectivity index (χ0) is 18.0. The van der Waals surface area contributed by atoms with E-state index in [0.717, 1.165) is 28.8 Å². The van der Waals surface area contributed by atoms with Crippen LogP contribution in [0.3, 0.4) is 0 Å². The van der Waals surface area contributed by atoms with Crippen molar-refractivity contribution in [3.63, 3.8) is 0 Å². The lowest BCUT2D eigenvalue weighted by Gasteiger charge is -2.24. The van der Waals surface area contributed by atoms with Crippen LogP contribution in [0.5, 0.6) is 5.75 Å². The fourth-order valence-corrected chi connectivity index (χ4v) is 3.03. The number of likely N-dealkylation sites (tertiary alicyclic amines) is 1. The van der Waals surface area contributed by atoms with Crippen molar-refractivity contribution >= 4 is 22.7 Å². The van der Waals surface area contributed by atoms with Gasteiger partial charge in [0.15, 0.2) is 0 Å². The van der Waals surface area contributed by atoms with Crippen LogP contribution in [-0.2, 0) is 4.74 Å². The highest BCUT2D eigenvalue weighted by Crippen LogP contribution is 2.33. The molecule has 0 radical (unpaired) electrons. The predicted molar refractivity (Wildman–Crippen MR) is 98.1 cm³/mol. The number of aromatic nitrogens is 1. The molecule has 1 fully saturated rings. The minimum Gasteiger partial charge on any atom is -0.495 e. The first-order valence-electron chi connectivity index (χ1n) is 8.53. The summed E-state index contributed by atoms with van der Waals surface area (Å²) in [6, 6.07) is 7.94. The lowest BCUT2D eigenvalue weighted by atomic mass is 10.1. The first kappa shape index (κ1) is 17.3. The van der Waals surface area contributed by atoms with E-state index in [4.69, 9.17) is 9.47 Å². The molecule has 1 saturated heterocycles. The normalized spacial score (nSPS) is 17.6. The third kappa shape index (κ3) is 3.95. The van der Waals surface area contributed by atoms with E-state index in [0.29, 0.717) is 13.1 Å². The smallest absolute Gasteiger partial charge is 0.410 e. The fraction of sp³-hybridized carbons (Fsp3) is 0.474. The van der Waals surface area contributed by atoms with E-state index in [-0.39, 0.29) is 12.1 Å². The Balaban J connectivity index is 1.76. The third-order valence-corrected chi connectivity index (χ3v) is 4.16. The van der Waals surface area contributed by atoms with Crippen LogP contribution in [0.15, 0.2) is 30.5 Å². The van der Waals surface area contributed by atoms with Crippen molar-refractivity contribution in [1.29, 1.82) is 0 Å². The van der Waals surface area contributed by atoms with E-state index in [1.54, 1.807) is 18.2 Å². The molecule has 1 aromatic heterocycles. The number of hydrogen-bond acceptors (Lipinski definition) is 5. The molecule has 1 aliphatic rings. The lowest BCUT2D eigenvalue weighted by Crippen LogP contribution is -2.36. The van der Waals surface area contributed by atoms with Crippen LogP contribution in [0.2, 0.25) is 0 Å². The first-order chi connectivity index (χ1) is 11.9. The van der Waals surface area contributed by atoms with Crippen molar-refractivity contribution in [2.24, 2.45) is 0 Å². The van der Waals surface area contributed by atoms with Crippen LogP contribution < -0.4 is 10.1 Å². The molecule has 1 aromatic carbocycles. The second-order valence-electron chi connectivity index (χ2n) is 7.27. The van der Waals surface area contributed by atoms with E-state index >= 15 is 0 Å². The monoisotopic (exact) mass is 343 g/mol. The molecule has 25 heavy (non-hydrogen) atoms. The van der Waals surface area contributed by atoms with Gasteiger partial charge in [0.25, 0.3) is 0 Å². The fourth-order valence-electron chi connectivity index (χ4n) is 3.03. The Bertz CT molecular complexity index is 770. The predicted octanol–water partition coefficient (Wildman–Crippen LogP) is 3.66. The van der Waals surface area contributed by atoms with Crippen LogP contribution in [0.4, 0.5) is 10.5 Å². The number of nitrogens with zero attached hydrogens (tertiary/aromatic N) is 2. The highest BCUT2D eigenvalue weighted by Gasteiger charge is 2.30. The molecule has 1 aliphatic heterocycles. The molecule has 1 atom stereocenters. The summed E-state index contributed by atoms with van der Waals surface area (Å²) in [6.07, 6.45) is 2.38. The van der Waals surface area contributed by atoms with Crippen LogP contribution in [0.1, 0.15) is 27.2 Å². The molecule has 2 heterocycles. The van der Waals surface area contributed by atoms with Crippen LogP contribution >= 0.6 is 0 Å². The van der Waals surface area contributed by atoms with Crippen LogP contribution in [-0.4, -0.2) is 47.8 Å². The number of methoxy groups -OCH3 is 1. The van der Waals surface area contributed by atoms with Gasteiger partial charge in [-0.2, -0.15) is 0 Å². The topological polar surface area (TPSA) is 63.7 Å². The Labute approximate surface area is 148 Å². The highest BCUT2D eigenvalue weighted by atomic mass is 16.6. The average Bonchev–Trinajstić information content (AvgIpc) is 3.02. The second-order valence-corrected chi connectivity index (χ2v) is 7.27. The molecular weight excluding hydrogens is 318 g/mol. The summed E-state index contributed by atoms with van der Waals surface area (Å²) in [5.74, 6) is 0.774. The zero-order valence-corrected chi connectivity index (χ0v) is 15.2. The van der Waals surface area contributed by atoms with Gasteiger partial charge in [-0.3, -0.25) is 4.98 Å². The van der Waals surface area contributed by atoms with E-state index < -0.39 is 5.60 Å². The summed E-state index contributed by atoms with van der Waals surface area (Å²) in [5.41, 5.74) is 1.35. The number of hydrogen-bond donors (Lipinski definition) is 1. The summed E-state index contributed by atoms with van der Waals surface area (Å²) in [4.78, 5) is 18.4. The average molecular weight is 343 g/mol. The molecule has 0 spiro atoms. The highest BCUT2D eigenvalue weighted by molar-refractivity contribution is 5.94.